The van der Waals surface area contributed by atoms with Gasteiger partial charge in [-0.1, -0.05) is 29.3 Å². The quantitative estimate of drug-likeness (QED) is 0.789. The van der Waals surface area contributed by atoms with Crippen LogP contribution in [0.4, 0.5) is 0 Å². The smallest absolute Gasteiger partial charge is 0.355 e. The number of aromatic nitrogens is 1. The topological polar surface area (TPSA) is 68.4 Å². The zero-order valence-electron chi connectivity index (χ0n) is 13.5. The van der Waals surface area contributed by atoms with Gasteiger partial charge < -0.3 is 14.5 Å². The van der Waals surface area contributed by atoms with Crippen molar-refractivity contribution < 1.29 is 19.1 Å². The van der Waals surface area contributed by atoms with Gasteiger partial charge in [-0.3, -0.25) is 0 Å². The Bertz CT molecular complexity index is 763. The van der Waals surface area contributed by atoms with Crippen LogP contribution in [0.15, 0.2) is 18.2 Å². The molecule has 0 bridgehead atoms. The number of carbonyl (C=O) groups is 2. The van der Waals surface area contributed by atoms with E-state index in [2.05, 4.69) is 4.98 Å². The van der Waals surface area contributed by atoms with Crippen LogP contribution in [0.25, 0.3) is 0 Å². The van der Waals surface area contributed by atoms with Gasteiger partial charge in [0.2, 0.25) is 0 Å². The van der Waals surface area contributed by atoms with Crippen molar-refractivity contribution in [3.8, 4) is 0 Å². The van der Waals surface area contributed by atoms with E-state index in [4.69, 9.17) is 32.7 Å². The van der Waals surface area contributed by atoms with Gasteiger partial charge in [0, 0.05) is 21.3 Å². The molecule has 2 aromatic rings. The summed E-state index contributed by atoms with van der Waals surface area (Å²) in [5.74, 6) is -1.07. The molecular formula is C17H17Cl2NO4. The summed E-state index contributed by atoms with van der Waals surface area (Å²) in [6, 6.07) is 5.05. The van der Waals surface area contributed by atoms with E-state index < -0.39 is 11.9 Å². The zero-order valence-corrected chi connectivity index (χ0v) is 15.0. The van der Waals surface area contributed by atoms with Crippen LogP contribution in [0.1, 0.15) is 44.6 Å². The summed E-state index contributed by atoms with van der Waals surface area (Å²) in [7, 11) is 0. The van der Waals surface area contributed by atoms with Crippen molar-refractivity contribution in [2.24, 2.45) is 0 Å². The number of hydrogen-bond donors (Lipinski definition) is 1. The van der Waals surface area contributed by atoms with E-state index in [-0.39, 0.29) is 18.9 Å². The Balaban J connectivity index is 2.20. The van der Waals surface area contributed by atoms with Gasteiger partial charge in [0.25, 0.3) is 0 Å². The van der Waals surface area contributed by atoms with E-state index in [1.165, 1.54) is 0 Å². The SMILES string of the molecule is CCOC(=O)c1[nH]c(C)c(C(=O)OCc2c(Cl)cccc2Cl)c1C. The molecule has 1 heterocycles. The standard InChI is InChI=1S/C17H17Cl2NO4/c1-4-23-17(22)15-9(2)14(10(3)20-15)16(21)24-8-11-12(18)6-5-7-13(11)19/h5-7,20H,4,8H2,1-3H3. The van der Waals surface area contributed by atoms with Crippen LogP contribution in [-0.2, 0) is 16.1 Å². The van der Waals surface area contributed by atoms with Gasteiger partial charge in [-0.15, -0.1) is 0 Å². The van der Waals surface area contributed by atoms with Crippen molar-refractivity contribution in [3.05, 3.63) is 56.3 Å². The summed E-state index contributed by atoms with van der Waals surface area (Å²) in [5, 5.41) is 0.843. The van der Waals surface area contributed by atoms with E-state index in [0.717, 1.165) is 0 Å². The second-order valence-corrected chi connectivity index (χ2v) is 5.94. The number of nitrogens with one attached hydrogen (secondary N) is 1. The molecular weight excluding hydrogens is 353 g/mol. The third kappa shape index (κ3) is 3.74. The molecule has 0 saturated carbocycles. The molecule has 0 atom stereocenters. The van der Waals surface area contributed by atoms with Crippen LogP contribution in [-0.4, -0.2) is 23.5 Å². The third-order valence-electron chi connectivity index (χ3n) is 3.53. The monoisotopic (exact) mass is 369 g/mol. The molecule has 0 radical (unpaired) electrons. The maximum Gasteiger partial charge on any atom is 0.355 e. The average molecular weight is 370 g/mol. The lowest BCUT2D eigenvalue weighted by Gasteiger charge is -2.09. The molecule has 0 aliphatic carbocycles. The summed E-state index contributed by atoms with van der Waals surface area (Å²) in [6.45, 7) is 5.26. The fourth-order valence-corrected chi connectivity index (χ4v) is 2.85. The Labute approximate surface area is 149 Å². The first kappa shape index (κ1) is 18.4. The van der Waals surface area contributed by atoms with Crippen molar-refractivity contribution in [3.63, 3.8) is 0 Å². The predicted molar refractivity (Wildman–Crippen MR) is 91.8 cm³/mol. The molecule has 1 aromatic heterocycles. The highest BCUT2D eigenvalue weighted by Crippen LogP contribution is 2.26. The van der Waals surface area contributed by atoms with E-state index in [0.29, 0.717) is 32.4 Å². The molecule has 128 valence electrons. The molecule has 0 spiro atoms. The zero-order chi connectivity index (χ0) is 17.9. The van der Waals surface area contributed by atoms with Gasteiger partial charge in [-0.05, 0) is 38.5 Å². The van der Waals surface area contributed by atoms with Crippen molar-refractivity contribution in [1.29, 1.82) is 0 Å². The van der Waals surface area contributed by atoms with Crippen LogP contribution in [0.2, 0.25) is 10.0 Å². The molecule has 1 N–H and O–H groups in total. The minimum Gasteiger partial charge on any atom is -0.461 e. The Morgan fingerprint density at radius 2 is 1.71 bits per heavy atom. The maximum atomic E-state index is 12.4. The van der Waals surface area contributed by atoms with Crippen LogP contribution >= 0.6 is 23.2 Å². The number of hydrogen-bond acceptors (Lipinski definition) is 4. The highest BCUT2D eigenvalue weighted by Gasteiger charge is 2.24. The third-order valence-corrected chi connectivity index (χ3v) is 4.24. The number of halogens is 2. The Kier molecular flexibility index (Phi) is 5.91. The average Bonchev–Trinajstić information content (AvgIpc) is 2.82. The number of aromatic amines is 1. The number of ether oxygens (including phenoxy) is 2. The van der Waals surface area contributed by atoms with Gasteiger partial charge in [-0.2, -0.15) is 0 Å². The molecule has 1 aromatic carbocycles. The molecule has 0 amide bonds. The molecule has 2 rings (SSSR count). The molecule has 5 nitrogen and oxygen atoms in total. The number of carbonyl (C=O) groups excluding carboxylic acids is 2. The first-order valence-corrected chi connectivity index (χ1v) is 8.08. The highest BCUT2D eigenvalue weighted by molar-refractivity contribution is 6.35. The van der Waals surface area contributed by atoms with Gasteiger partial charge in [0.15, 0.2) is 0 Å². The second-order valence-electron chi connectivity index (χ2n) is 5.12. The minimum atomic E-state index is -0.562. The summed E-state index contributed by atoms with van der Waals surface area (Å²) in [5.41, 5.74) is 2.11. The van der Waals surface area contributed by atoms with E-state index in [1.54, 1.807) is 39.0 Å². The molecule has 7 heteroatoms. The minimum absolute atomic E-state index is 0.0594. The molecule has 24 heavy (non-hydrogen) atoms. The summed E-state index contributed by atoms with van der Waals surface area (Å²) in [6.07, 6.45) is 0. The summed E-state index contributed by atoms with van der Waals surface area (Å²) >= 11 is 12.1. The van der Waals surface area contributed by atoms with Crippen molar-refractivity contribution >= 4 is 35.1 Å². The number of H-pyrrole nitrogens is 1. The van der Waals surface area contributed by atoms with Gasteiger partial charge in [0.05, 0.1) is 12.2 Å². The lowest BCUT2D eigenvalue weighted by molar-refractivity contribution is 0.0471. The number of aryl methyl sites for hydroxylation is 1. The van der Waals surface area contributed by atoms with Gasteiger partial charge in [-0.25, -0.2) is 9.59 Å². The number of rotatable bonds is 5. The Hall–Kier alpha value is -1.98. The highest BCUT2D eigenvalue weighted by atomic mass is 35.5. The van der Waals surface area contributed by atoms with E-state index in [9.17, 15) is 9.59 Å². The first-order chi connectivity index (χ1) is 11.4. The molecule has 0 aliphatic rings. The maximum absolute atomic E-state index is 12.4. The lowest BCUT2D eigenvalue weighted by Crippen LogP contribution is -2.09. The number of esters is 2. The van der Waals surface area contributed by atoms with Crippen LogP contribution < -0.4 is 0 Å². The fourth-order valence-electron chi connectivity index (χ4n) is 2.34. The molecule has 0 saturated heterocycles. The summed E-state index contributed by atoms with van der Waals surface area (Å²) < 4.78 is 10.3. The summed E-state index contributed by atoms with van der Waals surface area (Å²) in [4.78, 5) is 27.1. The van der Waals surface area contributed by atoms with E-state index >= 15 is 0 Å². The normalized spacial score (nSPS) is 10.5. The van der Waals surface area contributed by atoms with Crippen LogP contribution in [0.3, 0.4) is 0 Å². The van der Waals surface area contributed by atoms with Gasteiger partial charge in [0.1, 0.15) is 12.3 Å². The largest absolute Gasteiger partial charge is 0.461 e. The lowest BCUT2D eigenvalue weighted by atomic mass is 10.1. The van der Waals surface area contributed by atoms with Crippen LogP contribution in [0, 0.1) is 13.8 Å². The Morgan fingerprint density at radius 3 is 2.29 bits per heavy atom. The first-order valence-electron chi connectivity index (χ1n) is 7.33. The second kappa shape index (κ2) is 7.73. The van der Waals surface area contributed by atoms with Crippen molar-refractivity contribution in [1.82, 2.24) is 4.98 Å². The molecule has 0 unspecified atom stereocenters. The van der Waals surface area contributed by atoms with Gasteiger partial charge >= 0.3 is 11.9 Å². The Morgan fingerprint density at radius 1 is 1.08 bits per heavy atom. The van der Waals surface area contributed by atoms with E-state index in [1.807, 2.05) is 0 Å². The number of benzene rings is 1. The molecule has 0 aliphatic heterocycles. The van der Waals surface area contributed by atoms with Crippen LogP contribution in [0.5, 0.6) is 0 Å². The fraction of sp³-hybridized carbons (Fsp3) is 0.294. The van der Waals surface area contributed by atoms with Crippen molar-refractivity contribution in [2.45, 2.75) is 27.4 Å². The molecule has 0 fully saturated rings. The van der Waals surface area contributed by atoms with Crippen molar-refractivity contribution in [2.75, 3.05) is 6.61 Å². The predicted octanol–water partition coefficient (Wildman–Crippen LogP) is 4.47.